The second kappa shape index (κ2) is 3.38. The number of ketones is 1. The normalized spacial score (nSPS) is 9.77. The second-order valence-electron chi connectivity index (χ2n) is 2.61. The molecule has 0 saturated carbocycles. The third-order valence-electron chi connectivity index (χ3n) is 1.57. The fourth-order valence-electron chi connectivity index (χ4n) is 1.01. The molecule has 0 aliphatic carbocycles. The van der Waals surface area contributed by atoms with Gasteiger partial charge in [-0.2, -0.15) is 5.10 Å². The molecule has 5 nitrogen and oxygen atoms in total. The van der Waals surface area contributed by atoms with E-state index in [-0.39, 0.29) is 17.0 Å². The molecule has 0 fully saturated rings. The van der Waals surface area contributed by atoms with E-state index in [2.05, 4.69) is 9.84 Å². The van der Waals surface area contributed by atoms with Gasteiger partial charge in [0.2, 0.25) is 0 Å². The Balaban J connectivity index is 3.19. The number of rotatable bonds is 2. The molecule has 1 heterocycles. The van der Waals surface area contributed by atoms with Crippen LogP contribution in [0.3, 0.4) is 0 Å². The molecule has 0 bridgehead atoms. The number of nitrogens with zero attached hydrogens (tertiary/aromatic N) is 2. The van der Waals surface area contributed by atoms with Gasteiger partial charge >= 0.3 is 5.97 Å². The van der Waals surface area contributed by atoms with Crippen LogP contribution in [0.2, 0.25) is 0 Å². The highest BCUT2D eigenvalue weighted by atomic mass is 16.5. The van der Waals surface area contributed by atoms with Gasteiger partial charge in [-0.3, -0.25) is 9.48 Å². The molecular formula is C8H10N2O3. The van der Waals surface area contributed by atoms with Crippen molar-refractivity contribution < 1.29 is 14.3 Å². The Labute approximate surface area is 75.3 Å². The summed E-state index contributed by atoms with van der Waals surface area (Å²) in [4.78, 5) is 22.1. The molecule has 0 aliphatic rings. The number of aromatic nitrogens is 2. The van der Waals surface area contributed by atoms with Crippen LogP contribution >= 0.6 is 0 Å². The first-order chi connectivity index (χ1) is 6.06. The van der Waals surface area contributed by atoms with Crippen molar-refractivity contribution in [2.45, 2.75) is 6.92 Å². The first-order valence-electron chi connectivity index (χ1n) is 3.69. The predicted molar refractivity (Wildman–Crippen MR) is 44.6 cm³/mol. The number of carbonyl (C=O) groups is 2. The van der Waals surface area contributed by atoms with Gasteiger partial charge in [-0.15, -0.1) is 0 Å². The van der Waals surface area contributed by atoms with Gasteiger partial charge in [-0.05, 0) is 0 Å². The molecular weight excluding hydrogens is 172 g/mol. The molecule has 0 amide bonds. The minimum absolute atomic E-state index is 0.148. The summed E-state index contributed by atoms with van der Waals surface area (Å²) < 4.78 is 5.90. The molecule has 0 radical (unpaired) electrons. The average Bonchev–Trinajstić information content (AvgIpc) is 2.46. The fourth-order valence-corrected chi connectivity index (χ4v) is 1.01. The highest BCUT2D eigenvalue weighted by Crippen LogP contribution is 2.08. The van der Waals surface area contributed by atoms with Gasteiger partial charge in [0.25, 0.3) is 0 Å². The average molecular weight is 182 g/mol. The molecule has 0 unspecified atom stereocenters. The summed E-state index contributed by atoms with van der Waals surface area (Å²) in [5.41, 5.74) is 0.354. The van der Waals surface area contributed by atoms with Crippen molar-refractivity contribution in [2.24, 2.45) is 7.05 Å². The van der Waals surface area contributed by atoms with Crippen LogP contribution < -0.4 is 0 Å². The number of hydrogen-bond acceptors (Lipinski definition) is 4. The van der Waals surface area contributed by atoms with Crippen LogP contribution in [0.1, 0.15) is 27.8 Å². The summed E-state index contributed by atoms with van der Waals surface area (Å²) in [6, 6.07) is 0. The first-order valence-corrected chi connectivity index (χ1v) is 3.69. The van der Waals surface area contributed by atoms with Crippen LogP contribution in [0.25, 0.3) is 0 Å². The Morgan fingerprint density at radius 2 is 2.15 bits per heavy atom. The Bertz CT molecular complexity index is 354. The van der Waals surface area contributed by atoms with Crippen molar-refractivity contribution in [2.75, 3.05) is 7.11 Å². The van der Waals surface area contributed by atoms with Crippen molar-refractivity contribution in [1.29, 1.82) is 0 Å². The van der Waals surface area contributed by atoms with E-state index in [1.165, 1.54) is 24.9 Å². The Kier molecular flexibility index (Phi) is 2.46. The molecule has 0 N–H and O–H groups in total. The lowest BCUT2D eigenvalue weighted by atomic mass is 10.2. The van der Waals surface area contributed by atoms with E-state index in [4.69, 9.17) is 0 Å². The van der Waals surface area contributed by atoms with Gasteiger partial charge in [0.1, 0.15) is 11.3 Å². The number of ether oxygens (including phenoxy) is 1. The second-order valence-corrected chi connectivity index (χ2v) is 2.61. The van der Waals surface area contributed by atoms with E-state index in [0.29, 0.717) is 0 Å². The molecule has 1 aromatic heterocycles. The van der Waals surface area contributed by atoms with Gasteiger partial charge in [0.05, 0.1) is 7.11 Å². The number of aryl methyl sites for hydroxylation is 1. The minimum Gasteiger partial charge on any atom is -0.465 e. The maximum Gasteiger partial charge on any atom is 0.341 e. The summed E-state index contributed by atoms with van der Waals surface area (Å²) in [6.45, 7) is 1.36. The van der Waals surface area contributed by atoms with E-state index < -0.39 is 5.97 Å². The SMILES string of the molecule is COC(=O)c1cn(C)nc1C(C)=O. The summed E-state index contributed by atoms with van der Waals surface area (Å²) in [7, 11) is 2.90. The number of esters is 1. The zero-order valence-electron chi connectivity index (χ0n) is 7.70. The van der Waals surface area contributed by atoms with E-state index in [0.717, 1.165) is 0 Å². The molecule has 13 heavy (non-hydrogen) atoms. The number of hydrogen-bond donors (Lipinski definition) is 0. The van der Waals surface area contributed by atoms with Crippen LogP contribution in [-0.4, -0.2) is 28.6 Å². The van der Waals surface area contributed by atoms with Crippen LogP contribution in [-0.2, 0) is 11.8 Å². The number of carbonyl (C=O) groups excluding carboxylic acids is 2. The highest BCUT2D eigenvalue weighted by molar-refractivity contribution is 6.03. The third-order valence-corrected chi connectivity index (χ3v) is 1.57. The smallest absolute Gasteiger partial charge is 0.341 e. The van der Waals surface area contributed by atoms with Gasteiger partial charge in [-0.1, -0.05) is 0 Å². The first kappa shape index (κ1) is 9.44. The van der Waals surface area contributed by atoms with Gasteiger partial charge in [0.15, 0.2) is 5.78 Å². The van der Waals surface area contributed by atoms with Crippen molar-refractivity contribution in [3.8, 4) is 0 Å². The summed E-state index contributed by atoms with van der Waals surface area (Å²) in [5, 5.41) is 3.85. The highest BCUT2D eigenvalue weighted by Gasteiger charge is 2.18. The van der Waals surface area contributed by atoms with Crippen LogP contribution in [0, 0.1) is 0 Å². The van der Waals surface area contributed by atoms with Crippen LogP contribution in [0.15, 0.2) is 6.20 Å². The van der Waals surface area contributed by atoms with E-state index >= 15 is 0 Å². The predicted octanol–water partition coefficient (Wildman–Crippen LogP) is 0.409. The van der Waals surface area contributed by atoms with E-state index in [9.17, 15) is 9.59 Å². The maximum atomic E-state index is 11.1. The molecule has 0 aromatic carbocycles. The number of methoxy groups -OCH3 is 1. The summed E-state index contributed by atoms with van der Waals surface area (Å²) in [5.74, 6) is -0.792. The molecule has 0 atom stereocenters. The van der Waals surface area contributed by atoms with Crippen molar-refractivity contribution in [1.82, 2.24) is 9.78 Å². The van der Waals surface area contributed by atoms with E-state index in [1.807, 2.05) is 0 Å². The van der Waals surface area contributed by atoms with Crippen molar-refractivity contribution >= 4 is 11.8 Å². The standard InChI is InChI=1S/C8H10N2O3/c1-5(11)7-6(8(12)13-3)4-10(2)9-7/h4H,1-3H3. The largest absolute Gasteiger partial charge is 0.465 e. The monoisotopic (exact) mass is 182 g/mol. The lowest BCUT2D eigenvalue weighted by molar-refractivity contribution is 0.0597. The molecule has 0 saturated heterocycles. The molecule has 0 spiro atoms. The Hall–Kier alpha value is -1.65. The molecule has 5 heteroatoms. The quantitative estimate of drug-likeness (QED) is 0.491. The molecule has 1 rings (SSSR count). The van der Waals surface area contributed by atoms with E-state index in [1.54, 1.807) is 7.05 Å². The summed E-state index contributed by atoms with van der Waals surface area (Å²) >= 11 is 0. The molecule has 1 aromatic rings. The minimum atomic E-state index is -0.543. The summed E-state index contributed by atoms with van der Waals surface area (Å²) in [6.07, 6.45) is 1.46. The number of Topliss-reactive ketones (excluding diaryl/α,β-unsaturated/α-hetero) is 1. The molecule has 70 valence electrons. The Morgan fingerprint density at radius 3 is 2.62 bits per heavy atom. The van der Waals surface area contributed by atoms with Crippen LogP contribution in [0.5, 0.6) is 0 Å². The topological polar surface area (TPSA) is 61.2 Å². The maximum absolute atomic E-state index is 11.1. The third kappa shape index (κ3) is 1.74. The Morgan fingerprint density at radius 1 is 1.54 bits per heavy atom. The van der Waals surface area contributed by atoms with Gasteiger partial charge in [0, 0.05) is 20.2 Å². The van der Waals surface area contributed by atoms with Crippen molar-refractivity contribution in [3.05, 3.63) is 17.5 Å². The fraction of sp³-hybridized carbons (Fsp3) is 0.375. The zero-order chi connectivity index (χ0) is 10.0. The van der Waals surface area contributed by atoms with Gasteiger partial charge < -0.3 is 4.74 Å². The van der Waals surface area contributed by atoms with Gasteiger partial charge in [-0.25, -0.2) is 4.79 Å². The lowest BCUT2D eigenvalue weighted by Crippen LogP contribution is -2.06. The zero-order valence-corrected chi connectivity index (χ0v) is 7.70. The van der Waals surface area contributed by atoms with Crippen LogP contribution in [0.4, 0.5) is 0 Å². The molecule has 0 aliphatic heterocycles. The van der Waals surface area contributed by atoms with Crippen molar-refractivity contribution in [3.63, 3.8) is 0 Å². The lowest BCUT2D eigenvalue weighted by Gasteiger charge is -1.95.